The Morgan fingerprint density at radius 3 is 2.28 bits per heavy atom. The maximum Gasteiger partial charge on any atom is 0.205 e. The van der Waals surface area contributed by atoms with Gasteiger partial charge in [-0.15, -0.1) is 0 Å². The van der Waals surface area contributed by atoms with E-state index in [1.807, 2.05) is 6.07 Å². The Morgan fingerprint density at radius 2 is 1.62 bits per heavy atom. The molecule has 0 aromatic heterocycles. The van der Waals surface area contributed by atoms with Crippen molar-refractivity contribution in [3.8, 4) is 23.0 Å². The fourth-order valence-corrected chi connectivity index (χ4v) is 4.80. The molecule has 2 aromatic carbocycles. The lowest BCUT2D eigenvalue weighted by molar-refractivity contribution is 0.0760. The zero-order valence-corrected chi connectivity index (χ0v) is 16.8. The second-order valence-electron chi connectivity index (χ2n) is 7.78. The van der Waals surface area contributed by atoms with E-state index in [1.165, 1.54) is 13.2 Å². The van der Waals surface area contributed by atoms with Gasteiger partial charge in [0.15, 0.2) is 23.1 Å². The summed E-state index contributed by atoms with van der Waals surface area (Å²) in [4.78, 5) is 27.2. The van der Waals surface area contributed by atoms with Crippen LogP contribution in [0.4, 0.5) is 0 Å². The summed E-state index contributed by atoms with van der Waals surface area (Å²) >= 11 is 0. The number of aliphatic hydroxyl groups is 1. The number of ether oxygens (including phenoxy) is 2. The quantitative estimate of drug-likeness (QED) is 0.528. The summed E-state index contributed by atoms with van der Waals surface area (Å²) in [5, 5.41) is 41.4. The molecular weight excluding hydrogens is 416 g/mol. The van der Waals surface area contributed by atoms with Gasteiger partial charge in [-0.2, -0.15) is 0 Å². The number of rotatable bonds is 2. The maximum atomic E-state index is 13.8. The van der Waals surface area contributed by atoms with Gasteiger partial charge in [0.25, 0.3) is 0 Å². The predicted molar refractivity (Wildman–Crippen MR) is 111 cm³/mol. The van der Waals surface area contributed by atoms with Gasteiger partial charge in [0, 0.05) is 5.57 Å². The van der Waals surface area contributed by atoms with E-state index in [0.717, 1.165) is 0 Å². The number of Topliss-reactive ketones (excluding diaryl/α,β-unsaturated/α-hetero) is 2. The SMILES string of the molecule is C=C1OC(c2ccccc2)C2=C1C(O)=CC1C(=O)c3c(O)c(O)c(O)c(OC)c3C(=O)C21. The number of carbonyl (C=O) groups excluding carboxylic acids is 2. The van der Waals surface area contributed by atoms with Crippen LogP contribution < -0.4 is 4.74 Å². The fourth-order valence-electron chi connectivity index (χ4n) is 4.80. The summed E-state index contributed by atoms with van der Waals surface area (Å²) in [5.41, 5.74) is 0.504. The van der Waals surface area contributed by atoms with Crippen LogP contribution in [0.3, 0.4) is 0 Å². The number of aromatic hydroxyl groups is 3. The average molecular weight is 434 g/mol. The fraction of sp³-hybridized carbons (Fsp3) is 0.167. The van der Waals surface area contributed by atoms with Crippen molar-refractivity contribution in [1.82, 2.24) is 0 Å². The highest BCUT2D eigenvalue weighted by molar-refractivity contribution is 6.21. The number of ketones is 2. The highest BCUT2D eigenvalue weighted by Crippen LogP contribution is 2.57. The van der Waals surface area contributed by atoms with Gasteiger partial charge in [-0.1, -0.05) is 36.9 Å². The van der Waals surface area contributed by atoms with E-state index >= 15 is 0 Å². The normalized spacial score (nSPS) is 23.8. The Hall–Kier alpha value is -4.20. The van der Waals surface area contributed by atoms with E-state index < -0.39 is 58.1 Å². The highest BCUT2D eigenvalue weighted by Gasteiger charge is 2.53. The van der Waals surface area contributed by atoms with E-state index in [0.29, 0.717) is 11.1 Å². The largest absolute Gasteiger partial charge is 0.507 e. The van der Waals surface area contributed by atoms with Gasteiger partial charge in [-0.25, -0.2) is 0 Å². The number of hydrogen-bond acceptors (Lipinski definition) is 8. The van der Waals surface area contributed by atoms with Gasteiger partial charge >= 0.3 is 0 Å². The third-order valence-electron chi connectivity index (χ3n) is 6.16. The van der Waals surface area contributed by atoms with Gasteiger partial charge in [-0.3, -0.25) is 9.59 Å². The number of hydrogen-bond donors (Lipinski definition) is 4. The van der Waals surface area contributed by atoms with Crippen LogP contribution in [-0.2, 0) is 4.74 Å². The number of carbonyl (C=O) groups is 2. The standard InChI is InChI=1S/C24H18O8/c1-9-13-12(25)8-11-14(15(13)23(32-9)10-6-4-3-5-7-10)19(27)17-16(18(11)26)20(28)21(29)22(30)24(17)31-2/h3-8,11,14,23,25,28-30H,1H2,2H3. The molecule has 8 heteroatoms. The number of methoxy groups -OCH3 is 1. The molecule has 0 saturated carbocycles. The van der Waals surface area contributed by atoms with Crippen molar-refractivity contribution in [1.29, 1.82) is 0 Å². The van der Waals surface area contributed by atoms with E-state index in [4.69, 9.17) is 9.47 Å². The molecule has 162 valence electrons. The molecule has 5 rings (SSSR count). The number of fused-ring (bicyclic) bond motifs is 3. The summed E-state index contributed by atoms with van der Waals surface area (Å²) in [5.74, 6) is -6.84. The first-order chi connectivity index (χ1) is 15.3. The number of phenolic OH excluding ortho intramolecular Hbond substituents is 3. The molecule has 4 N–H and O–H groups in total. The maximum absolute atomic E-state index is 13.8. The first-order valence-electron chi connectivity index (χ1n) is 9.77. The van der Waals surface area contributed by atoms with Gasteiger partial charge in [0.05, 0.1) is 35.6 Å². The molecule has 2 aliphatic carbocycles. The molecule has 0 saturated heterocycles. The zero-order valence-electron chi connectivity index (χ0n) is 16.8. The van der Waals surface area contributed by atoms with Crippen molar-refractivity contribution in [3.05, 3.63) is 82.3 Å². The van der Waals surface area contributed by atoms with Crippen LogP contribution >= 0.6 is 0 Å². The smallest absolute Gasteiger partial charge is 0.205 e. The van der Waals surface area contributed by atoms with E-state index in [2.05, 4.69) is 6.58 Å². The van der Waals surface area contributed by atoms with Gasteiger partial charge < -0.3 is 29.9 Å². The number of allylic oxidation sites excluding steroid dienone is 1. The highest BCUT2D eigenvalue weighted by atomic mass is 16.5. The van der Waals surface area contributed by atoms with Gasteiger partial charge in [0.1, 0.15) is 17.6 Å². The van der Waals surface area contributed by atoms with Crippen molar-refractivity contribution in [2.45, 2.75) is 6.10 Å². The molecule has 0 spiro atoms. The molecule has 3 aliphatic rings. The Kier molecular flexibility index (Phi) is 4.10. The minimum Gasteiger partial charge on any atom is -0.507 e. The zero-order chi connectivity index (χ0) is 22.9. The molecule has 0 amide bonds. The second-order valence-corrected chi connectivity index (χ2v) is 7.78. The third-order valence-corrected chi connectivity index (χ3v) is 6.16. The topological polar surface area (TPSA) is 134 Å². The molecule has 8 nitrogen and oxygen atoms in total. The molecule has 1 aliphatic heterocycles. The Labute approximate surface area is 182 Å². The van der Waals surface area contributed by atoms with Crippen LogP contribution in [0.25, 0.3) is 0 Å². The lowest BCUT2D eigenvalue weighted by Crippen LogP contribution is -2.40. The summed E-state index contributed by atoms with van der Waals surface area (Å²) in [6, 6.07) is 8.98. The molecule has 0 radical (unpaired) electrons. The number of phenols is 3. The van der Waals surface area contributed by atoms with Crippen LogP contribution in [0.15, 0.2) is 65.7 Å². The van der Waals surface area contributed by atoms with E-state index in [9.17, 15) is 30.0 Å². The van der Waals surface area contributed by atoms with Crippen LogP contribution in [0.2, 0.25) is 0 Å². The first-order valence-corrected chi connectivity index (χ1v) is 9.77. The van der Waals surface area contributed by atoms with Crippen molar-refractivity contribution in [3.63, 3.8) is 0 Å². The van der Waals surface area contributed by atoms with Crippen LogP contribution in [0, 0.1) is 11.8 Å². The van der Waals surface area contributed by atoms with Crippen molar-refractivity contribution >= 4 is 11.6 Å². The average Bonchev–Trinajstić information content (AvgIpc) is 3.14. The minimum atomic E-state index is -1.16. The molecule has 1 heterocycles. The van der Waals surface area contributed by atoms with Gasteiger partial charge in [0.2, 0.25) is 11.5 Å². The molecule has 3 unspecified atom stereocenters. The number of benzene rings is 2. The molecule has 32 heavy (non-hydrogen) atoms. The molecule has 2 aromatic rings. The Balaban J connectivity index is 1.78. The Morgan fingerprint density at radius 1 is 0.938 bits per heavy atom. The van der Waals surface area contributed by atoms with Crippen LogP contribution in [-0.4, -0.2) is 39.1 Å². The molecule has 0 bridgehead atoms. The third kappa shape index (κ3) is 2.37. The molecule has 0 fully saturated rings. The summed E-state index contributed by atoms with van der Waals surface area (Å²) < 4.78 is 11.0. The minimum absolute atomic E-state index is 0.162. The molecular formula is C24H18O8. The summed E-state index contributed by atoms with van der Waals surface area (Å²) in [6.45, 7) is 3.85. The lowest BCUT2D eigenvalue weighted by atomic mass is 9.65. The monoisotopic (exact) mass is 434 g/mol. The van der Waals surface area contributed by atoms with Crippen LogP contribution in [0.1, 0.15) is 32.4 Å². The molecule has 3 atom stereocenters. The van der Waals surface area contributed by atoms with E-state index in [1.54, 1.807) is 24.3 Å². The summed E-state index contributed by atoms with van der Waals surface area (Å²) in [7, 11) is 1.17. The van der Waals surface area contributed by atoms with Crippen molar-refractivity contribution < 1.29 is 39.5 Å². The Bertz CT molecular complexity index is 1290. The summed E-state index contributed by atoms with van der Waals surface area (Å²) in [6.07, 6.45) is 0.454. The van der Waals surface area contributed by atoms with Crippen molar-refractivity contribution in [2.24, 2.45) is 11.8 Å². The van der Waals surface area contributed by atoms with Gasteiger partial charge in [-0.05, 0) is 11.6 Å². The predicted octanol–water partition coefficient (Wildman–Crippen LogP) is 3.46. The second kappa shape index (κ2) is 6.65. The lowest BCUT2D eigenvalue weighted by Gasteiger charge is -2.35. The van der Waals surface area contributed by atoms with E-state index in [-0.39, 0.29) is 22.7 Å². The number of aliphatic hydroxyl groups excluding tert-OH is 1. The first kappa shape index (κ1) is 19.7. The van der Waals surface area contributed by atoms with Crippen molar-refractivity contribution in [2.75, 3.05) is 7.11 Å². The van der Waals surface area contributed by atoms with Crippen LogP contribution in [0.5, 0.6) is 23.0 Å².